The van der Waals surface area contributed by atoms with Crippen molar-refractivity contribution in [1.82, 2.24) is 24.8 Å². The molecule has 0 atom stereocenters. The van der Waals surface area contributed by atoms with Crippen LogP contribution in [0.15, 0.2) is 59.7 Å². The second-order valence-corrected chi connectivity index (χ2v) is 9.06. The highest BCUT2D eigenvalue weighted by atomic mass is 19.4. The molecule has 0 saturated carbocycles. The van der Waals surface area contributed by atoms with Gasteiger partial charge in [0.15, 0.2) is 0 Å². The number of piperidine rings is 1. The normalized spacial score (nSPS) is 14.2. The van der Waals surface area contributed by atoms with Crippen LogP contribution in [-0.2, 0) is 12.7 Å². The van der Waals surface area contributed by atoms with Crippen molar-refractivity contribution >= 4 is 22.7 Å². The van der Waals surface area contributed by atoms with Gasteiger partial charge in [0, 0.05) is 23.5 Å². The highest BCUT2D eigenvalue weighted by Crippen LogP contribution is 2.31. The lowest BCUT2D eigenvalue weighted by atomic mass is 9.90. The molecule has 3 aromatic heterocycles. The molecule has 10 heteroatoms. The Morgan fingerprint density at radius 3 is 2.61 bits per heavy atom. The number of rotatable bonds is 5. The van der Waals surface area contributed by atoms with Crippen LogP contribution < -0.4 is 16.2 Å². The molecular weight excluding hydrogens is 493 g/mol. The number of aromatic nitrogens is 4. The van der Waals surface area contributed by atoms with Gasteiger partial charge in [0.25, 0.3) is 5.56 Å². The summed E-state index contributed by atoms with van der Waals surface area (Å²) in [6.07, 6.45) is 0.354. The Labute approximate surface area is 217 Å². The number of pyridine rings is 2. The second-order valence-electron chi connectivity index (χ2n) is 9.06. The van der Waals surface area contributed by atoms with Crippen LogP contribution in [0.3, 0.4) is 0 Å². The van der Waals surface area contributed by atoms with E-state index in [4.69, 9.17) is 0 Å². The van der Waals surface area contributed by atoms with Crippen molar-refractivity contribution in [2.45, 2.75) is 38.4 Å². The molecule has 0 unspecified atom stereocenters. The molecular formula is C28H25F3N6O. The van der Waals surface area contributed by atoms with Crippen molar-refractivity contribution in [1.29, 1.82) is 0 Å². The molecule has 1 fully saturated rings. The van der Waals surface area contributed by atoms with Crippen LogP contribution in [0.2, 0.25) is 0 Å². The van der Waals surface area contributed by atoms with E-state index in [0.29, 0.717) is 11.3 Å². The predicted molar refractivity (Wildman–Crippen MR) is 139 cm³/mol. The van der Waals surface area contributed by atoms with Crippen LogP contribution in [0.5, 0.6) is 0 Å². The van der Waals surface area contributed by atoms with E-state index in [9.17, 15) is 18.0 Å². The molecule has 4 aromatic rings. The Morgan fingerprint density at radius 2 is 1.89 bits per heavy atom. The van der Waals surface area contributed by atoms with Crippen molar-refractivity contribution in [3.63, 3.8) is 0 Å². The minimum absolute atomic E-state index is 0.141. The van der Waals surface area contributed by atoms with Crippen LogP contribution in [0.1, 0.15) is 48.1 Å². The molecule has 0 amide bonds. The zero-order valence-corrected chi connectivity index (χ0v) is 20.6. The van der Waals surface area contributed by atoms with Crippen molar-refractivity contribution < 1.29 is 13.2 Å². The van der Waals surface area contributed by atoms with Gasteiger partial charge in [-0.15, -0.1) is 5.92 Å². The van der Waals surface area contributed by atoms with Crippen LogP contribution in [0, 0.1) is 11.8 Å². The molecule has 5 rings (SSSR count). The summed E-state index contributed by atoms with van der Waals surface area (Å²) in [7, 11) is 0. The summed E-state index contributed by atoms with van der Waals surface area (Å²) in [5.74, 6) is 6.13. The van der Waals surface area contributed by atoms with Gasteiger partial charge in [-0.1, -0.05) is 18.1 Å². The van der Waals surface area contributed by atoms with Crippen molar-refractivity contribution in [3.8, 4) is 11.8 Å². The topological polar surface area (TPSA) is 84.7 Å². The number of hydrogen-bond acceptors (Lipinski definition) is 6. The summed E-state index contributed by atoms with van der Waals surface area (Å²) < 4.78 is 42.1. The number of benzene rings is 1. The molecule has 194 valence electrons. The van der Waals surface area contributed by atoms with E-state index in [1.807, 2.05) is 12.1 Å². The quantitative estimate of drug-likeness (QED) is 0.368. The number of fused-ring (bicyclic) bond motifs is 1. The highest BCUT2D eigenvalue weighted by molar-refractivity contribution is 5.77. The van der Waals surface area contributed by atoms with Crippen LogP contribution in [-0.4, -0.2) is 32.6 Å². The number of hydrogen-bond donors (Lipinski definition) is 2. The first-order valence-corrected chi connectivity index (χ1v) is 12.3. The van der Waals surface area contributed by atoms with E-state index in [2.05, 4.69) is 49.6 Å². The van der Waals surface area contributed by atoms with E-state index in [0.717, 1.165) is 37.7 Å². The molecule has 7 nitrogen and oxygen atoms in total. The molecule has 1 saturated heterocycles. The Hall–Kier alpha value is -4.23. The average Bonchev–Trinajstić information content (AvgIpc) is 2.92. The maximum Gasteiger partial charge on any atom is 0.418 e. The summed E-state index contributed by atoms with van der Waals surface area (Å²) in [5.41, 5.74) is 0.599. The Balaban J connectivity index is 1.52. The van der Waals surface area contributed by atoms with Crippen LogP contribution in [0.25, 0.3) is 11.0 Å². The lowest BCUT2D eigenvalue weighted by molar-refractivity contribution is -0.138. The van der Waals surface area contributed by atoms with Gasteiger partial charge >= 0.3 is 6.18 Å². The summed E-state index contributed by atoms with van der Waals surface area (Å²) in [4.78, 5) is 26.1. The smallest absolute Gasteiger partial charge is 0.324 e. The number of halogens is 3. The molecule has 1 aliphatic rings. The second kappa shape index (κ2) is 10.6. The van der Waals surface area contributed by atoms with E-state index in [1.54, 1.807) is 13.0 Å². The third-order valence-corrected chi connectivity index (χ3v) is 6.57. The first kappa shape index (κ1) is 25.4. The van der Waals surface area contributed by atoms with Gasteiger partial charge in [-0.2, -0.15) is 18.2 Å². The molecule has 1 aromatic carbocycles. The maximum absolute atomic E-state index is 13.6. The van der Waals surface area contributed by atoms with Gasteiger partial charge in [-0.25, -0.2) is 4.98 Å². The van der Waals surface area contributed by atoms with Gasteiger partial charge in [0.1, 0.15) is 5.65 Å². The summed E-state index contributed by atoms with van der Waals surface area (Å²) in [5, 5.41) is 6.98. The number of nitrogens with one attached hydrogen (secondary N) is 2. The predicted octanol–water partition coefficient (Wildman–Crippen LogP) is 4.84. The van der Waals surface area contributed by atoms with Gasteiger partial charge in [0.05, 0.1) is 23.4 Å². The molecule has 38 heavy (non-hydrogen) atoms. The molecule has 4 heterocycles. The minimum atomic E-state index is -4.62. The number of anilines is 2. The molecule has 0 radical (unpaired) electrons. The maximum atomic E-state index is 13.6. The van der Waals surface area contributed by atoms with Crippen molar-refractivity contribution in [3.05, 3.63) is 87.6 Å². The number of nitrogens with zero attached hydrogens (tertiary/aromatic N) is 4. The van der Waals surface area contributed by atoms with E-state index >= 15 is 0 Å². The third-order valence-electron chi connectivity index (χ3n) is 6.57. The fourth-order valence-corrected chi connectivity index (χ4v) is 4.68. The van der Waals surface area contributed by atoms with E-state index in [-0.39, 0.29) is 22.9 Å². The Bertz CT molecular complexity index is 1580. The Morgan fingerprint density at radius 1 is 1.13 bits per heavy atom. The minimum Gasteiger partial charge on any atom is -0.324 e. The van der Waals surface area contributed by atoms with Crippen LogP contribution in [0.4, 0.5) is 24.8 Å². The van der Waals surface area contributed by atoms with Gasteiger partial charge in [-0.3, -0.25) is 14.3 Å². The molecule has 0 bridgehead atoms. The van der Waals surface area contributed by atoms with E-state index < -0.39 is 23.8 Å². The standard InChI is InChI=1S/C28H25F3N6O/c1-2-4-20-15-21-16-34-27(35-22-8-6-18(7-9-22)19-10-13-32-14-11-19)36-25(21)37(26(20)38)17-24-23(28(29,30)31)5-3-12-33-24/h3,5-9,12,15-16,19,32H,10-11,13-14,17H2,1H3,(H,34,35,36). The molecule has 2 N–H and O–H groups in total. The molecule has 0 spiro atoms. The lowest BCUT2D eigenvalue weighted by Gasteiger charge is -2.23. The zero-order chi connectivity index (χ0) is 26.7. The van der Waals surface area contributed by atoms with Crippen LogP contribution >= 0.6 is 0 Å². The van der Waals surface area contributed by atoms with E-state index in [1.165, 1.54) is 28.6 Å². The summed E-state index contributed by atoms with van der Waals surface area (Å²) in [6.45, 7) is 3.16. The lowest BCUT2D eigenvalue weighted by Crippen LogP contribution is -2.26. The van der Waals surface area contributed by atoms with Gasteiger partial charge in [0.2, 0.25) is 5.95 Å². The molecule has 1 aliphatic heterocycles. The average molecular weight is 519 g/mol. The molecule has 0 aliphatic carbocycles. The van der Waals surface area contributed by atoms with Crippen molar-refractivity contribution in [2.24, 2.45) is 0 Å². The van der Waals surface area contributed by atoms with Crippen molar-refractivity contribution in [2.75, 3.05) is 18.4 Å². The van der Waals surface area contributed by atoms with Gasteiger partial charge < -0.3 is 10.6 Å². The fraction of sp³-hybridized carbons (Fsp3) is 0.286. The fourth-order valence-electron chi connectivity index (χ4n) is 4.68. The summed E-state index contributed by atoms with van der Waals surface area (Å²) >= 11 is 0. The zero-order valence-electron chi connectivity index (χ0n) is 20.6. The van der Waals surface area contributed by atoms with Gasteiger partial charge in [-0.05, 0) is 74.7 Å². The monoisotopic (exact) mass is 518 g/mol. The summed E-state index contributed by atoms with van der Waals surface area (Å²) in [6, 6.07) is 11.7. The third kappa shape index (κ3) is 5.38. The Kier molecular flexibility index (Phi) is 7.11. The SMILES string of the molecule is CC#Cc1cc2cnc(Nc3ccc(C4CCNCC4)cc3)nc2n(Cc2ncccc2C(F)(F)F)c1=O. The largest absolute Gasteiger partial charge is 0.418 e. The first-order chi connectivity index (χ1) is 18.3. The number of alkyl halides is 3. The highest BCUT2D eigenvalue weighted by Gasteiger charge is 2.34. The first-order valence-electron chi connectivity index (χ1n) is 12.3.